The van der Waals surface area contributed by atoms with Gasteiger partial charge in [0.1, 0.15) is 6.61 Å². The molecule has 0 spiro atoms. The van der Waals surface area contributed by atoms with E-state index in [1.165, 1.54) is 16.9 Å². The molecule has 0 amide bonds. The average molecular weight is 328 g/mol. The van der Waals surface area contributed by atoms with Gasteiger partial charge in [-0.05, 0) is 38.3 Å². The maximum atomic E-state index is 12.0. The van der Waals surface area contributed by atoms with Gasteiger partial charge in [-0.3, -0.25) is 4.79 Å². The highest BCUT2D eigenvalue weighted by atomic mass is 32.1. The third-order valence-corrected chi connectivity index (χ3v) is 4.63. The van der Waals surface area contributed by atoms with E-state index in [1.54, 1.807) is 0 Å². The lowest BCUT2D eigenvalue weighted by molar-refractivity contribution is -0.150. The molecule has 1 atom stereocenters. The van der Waals surface area contributed by atoms with Crippen LogP contribution in [0.25, 0.3) is 0 Å². The highest BCUT2D eigenvalue weighted by molar-refractivity contribution is 7.13. The van der Waals surface area contributed by atoms with Crippen molar-refractivity contribution < 1.29 is 9.53 Å². The van der Waals surface area contributed by atoms with Gasteiger partial charge in [-0.1, -0.05) is 29.8 Å². The van der Waals surface area contributed by atoms with Crippen LogP contribution in [0.2, 0.25) is 0 Å². The van der Waals surface area contributed by atoms with Gasteiger partial charge >= 0.3 is 5.97 Å². The summed E-state index contributed by atoms with van der Waals surface area (Å²) in [6.45, 7) is 2.30. The zero-order chi connectivity index (χ0) is 16.1. The number of anilines is 2. The van der Waals surface area contributed by atoms with E-state index < -0.39 is 0 Å². The summed E-state index contributed by atoms with van der Waals surface area (Å²) in [5.74, 6) is -0.112. The van der Waals surface area contributed by atoms with Crippen LogP contribution in [0.1, 0.15) is 30.5 Å². The van der Waals surface area contributed by atoms with Gasteiger partial charge in [-0.25, -0.2) is 4.98 Å². The molecule has 120 valence electrons. The number of rotatable bonds is 5. The van der Waals surface area contributed by atoms with Crippen molar-refractivity contribution in [3.63, 3.8) is 0 Å². The van der Waals surface area contributed by atoms with Crippen LogP contribution in [0.5, 0.6) is 0 Å². The Morgan fingerprint density at radius 1 is 1.35 bits per heavy atom. The lowest BCUT2D eigenvalue weighted by Gasteiger charge is -2.15. The fourth-order valence-corrected chi connectivity index (χ4v) is 3.18. The number of allylic oxidation sites excluding steroid dienone is 2. The molecule has 0 fully saturated rings. The van der Waals surface area contributed by atoms with Gasteiger partial charge in [-0.15, -0.1) is 11.3 Å². The molecule has 4 nitrogen and oxygen atoms in total. The summed E-state index contributed by atoms with van der Waals surface area (Å²) in [7, 11) is 0. The summed E-state index contributed by atoms with van der Waals surface area (Å²) in [5.41, 5.74) is 3.01. The fraction of sp³-hybridized carbons (Fsp3) is 0.333. The summed E-state index contributed by atoms with van der Waals surface area (Å²) in [4.78, 5) is 16.5. The molecule has 3 rings (SSSR count). The number of hydrogen-bond donors (Lipinski definition) is 1. The molecule has 1 aromatic carbocycles. The summed E-state index contributed by atoms with van der Waals surface area (Å²) >= 11 is 1.51. The molecule has 5 heteroatoms. The first-order valence-corrected chi connectivity index (χ1v) is 8.68. The number of carbonyl (C=O) groups is 1. The van der Waals surface area contributed by atoms with Gasteiger partial charge in [0.15, 0.2) is 5.13 Å². The molecule has 0 saturated carbocycles. The first-order valence-electron chi connectivity index (χ1n) is 7.80. The largest absolute Gasteiger partial charge is 0.459 e. The molecule has 0 aliphatic heterocycles. The zero-order valence-electron chi connectivity index (χ0n) is 13.1. The van der Waals surface area contributed by atoms with Gasteiger partial charge in [0.2, 0.25) is 0 Å². The smallest absolute Gasteiger partial charge is 0.309 e. The summed E-state index contributed by atoms with van der Waals surface area (Å²) < 4.78 is 5.39. The SMILES string of the molecule is Cc1ccc(Nc2nc(COC(=O)[C@H]3CC=CCC3)cs2)cc1. The molecule has 0 saturated heterocycles. The number of ether oxygens (including phenoxy) is 1. The topological polar surface area (TPSA) is 51.2 Å². The van der Waals surface area contributed by atoms with Crippen molar-refractivity contribution in [2.24, 2.45) is 5.92 Å². The lowest BCUT2D eigenvalue weighted by atomic mass is 9.95. The highest BCUT2D eigenvalue weighted by Crippen LogP contribution is 2.23. The van der Waals surface area contributed by atoms with E-state index in [-0.39, 0.29) is 18.5 Å². The van der Waals surface area contributed by atoms with E-state index in [0.29, 0.717) is 0 Å². The van der Waals surface area contributed by atoms with Crippen LogP contribution in [-0.4, -0.2) is 11.0 Å². The van der Waals surface area contributed by atoms with E-state index in [1.807, 2.05) is 17.5 Å². The van der Waals surface area contributed by atoms with E-state index in [4.69, 9.17) is 4.74 Å². The number of aromatic nitrogens is 1. The molecular formula is C18H20N2O2S. The lowest BCUT2D eigenvalue weighted by Crippen LogP contribution is -2.18. The molecule has 23 heavy (non-hydrogen) atoms. The molecule has 2 aromatic rings. The molecule has 1 heterocycles. The number of nitrogens with zero attached hydrogens (tertiary/aromatic N) is 1. The van der Waals surface area contributed by atoms with Crippen molar-refractivity contribution in [3.05, 3.63) is 53.1 Å². The molecule has 1 aliphatic rings. The van der Waals surface area contributed by atoms with Gasteiger partial charge in [0, 0.05) is 11.1 Å². The molecule has 0 radical (unpaired) electrons. The Morgan fingerprint density at radius 3 is 2.91 bits per heavy atom. The number of thiazole rings is 1. The van der Waals surface area contributed by atoms with E-state index in [2.05, 4.69) is 41.5 Å². The Balaban J connectivity index is 1.51. The van der Waals surface area contributed by atoms with Crippen LogP contribution in [0.4, 0.5) is 10.8 Å². The molecule has 0 bridgehead atoms. The second kappa shape index (κ2) is 7.42. The van der Waals surface area contributed by atoms with Crippen molar-refractivity contribution >= 4 is 28.1 Å². The number of carbonyl (C=O) groups excluding carboxylic acids is 1. The number of esters is 1. The van der Waals surface area contributed by atoms with E-state index >= 15 is 0 Å². The molecular weight excluding hydrogens is 308 g/mol. The number of hydrogen-bond acceptors (Lipinski definition) is 5. The zero-order valence-corrected chi connectivity index (χ0v) is 13.9. The summed E-state index contributed by atoms with van der Waals surface area (Å²) in [6.07, 6.45) is 6.80. The van der Waals surface area contributed by atoms with Crippen molar-refractivity contribution in [1.82, 2.24) is 4.98 Å². The molecule has 1 aromatic heterocycles. The predicted octanol–water partition coefficient (Wildman–Crippen LogP) is 4.59. The van der Waals surface area contributed by atoms with Gasteiger partial charge in [0.25, 0.3) is 0 Å². The average Bonchev–Trinajstić information content (AvgIpc) is 3.03. The second-order valence-corrected chi connectivity index (χ2v) is 6.58. The number of aryl methyl sites for hydroxylation is 1. The van der Waals surface area contributed by atoms with Crippen molar-refractivity contribution in [2.45, 2.75) is 32.8 Å². The van der Waals surface area contributed by atoms with Gasteiger partial charge < -0.3 is 10.1 Å². The van der Waals surface area contributed by atoms with Crippen LogP contribution >= 0.6 is 11.3 Å². The van der Waals surface area contributed by atoms with Crippen LogP contribution in [0.3, 0.4) is 0 Å². The standard InChI is InChI=1S/C18H20N2O2S/c1-13-7-9-15(10-8-13)19-18-20-16(12-23-18)11-22-17(21)14-5-3-2-4-6-14/h2-3,7-10,12,14H,4-6,11H2,1H3,(H,19,20)/t14-/m0/s1. The quantitative estimate of drug-likeness (QED) is 0.644. The Morgan fingerprint density at radius 2 is 2.17 bits per heavy atom. The molecule has 1 N–H and O–H groups in total. The minimum atomic E-state index is -0.115. The van der Waals surface area contributed by atoms with Crippen LogP contribution in [0, 0.1) is 12.8 Å². The van der Waals surface area contributed by atoms with Crippen molar-refractivity contribution in [2.75, 3.05) is 5.32 Å². The first kappa shape index (κ1) is 15.7. The van der Waals surface area contributed by atoms with E-state index in [9.17, 15) is 4.79 Å². The first-order chi connectivity index (χ1) is 11.2. The summed E-state index contributed by atoms with van der Waals surface area (Å²) in [6, 6.07) is 8.15. The normalized spacial score (nSPS) is 17.0. The minimum Gasteiger partial charge on any atom is -0.459 e. The fourth-order valence-electron chi connectivity index (χ4n) is 2.46. The highest BCUT2D eigenvalue weighted by Gasteiger charge is 2.20. The van der Waals surface area contributed by atoms with Crippen LogP contribution < -0.4 is 5.32 Å². The maximum Gasteiger partial charge on any atom is 0.309 e. The Kier molecular flexibility index (Phi) is 5.08. The Hall–Kier alpha value is -2.14. The van der Waals surface area contributed by atoms with E-state index in [0.717, 1.165) is 35.8 Å². The third-order valence-electron chi connectivity index (χ3n) is 3.82. The predicted molar refractivity (Wildman–Crippen MR) is 92.9 cm³/mol. The van der Waals surface area contributed by atoms with Gasteiger partial charge in [0.05, 0.1) is 11.6 Å². The minimum absolute atomic E-state index is 0.00351. The second-order valence-electron chi connectivity index (χ2n) is 5.72. The van der Waals surface area contributed by atoms with Crippen molar-refractivity contribution in [3.8, 4) is 0 Å². The van der Waals surface area contributed by atoms with Gasteiger partial charge in [-0.2, -0.15) is 0 Å². The Bertz CT molecular complexity index is 691. The van der Waals surface area contributed by atoms with Crippen LogP contribution in [-0.2, 0) is 16.1 Å². The van der Waals surface area contributed by atoms with Crippen LogP contribution in [0.15, 0.2) is 41.8 Å². The monoisotopic (exact) mass is 328 g/mol. The number of nitrogens with one attached hydrogen (secondary N) is 1. The Labute approximate surface area is 140 Å². The number of benzene rings is 1. The third kappa shape index (κ3) is 4.42. The maximum absolute atomic E-state index is 12.0. The molecule has 0 unspecified atom stereocenters. The van der Waals surface area contributed by atoms with Crippen molar-refractivity contribution in [1.29, 1.82) is 0 Å². The summed E-state index contributed by atoms with van der Waals surface area (Å²) in [5, 5.41) is 5.99. The molecule has 1 aliphatic carbocycles.